The first-order chi connectivity index (χ1) is 9.44. The van der Waals surface area contributed by atoms with Gasteiger partial charge in [0, 0.05) is 6.54 Å². The summed E-state index contributed by atoms with van der Waals surface area (Å²) in [6, 6.07) is 8.01. The predicted molar refractivity (Wildman–Crippen MR) is 80.7 cm³/mol. The maximum atomic E-state index is 11.4. The third-order valence-corrected chi connectivity index (χ3v) is 5.20. The number of sulfone groups is 1. The van der Waals surface area contributed by atoms with Gasteiger partial charge in [0.2, 0.25) is 0 Å². The molecule has 1 fully saturated rings. The van der Waals surface area contributed by atoms with Crippen molar-refractivity contribution in [2.24, 2.45) is 5.92 Å². The largest absolute Gasteiger partial charge is 0.491 e. The van der Waals surface area contributed by atoms with Gasteiger partial charge in [-0.3, -0.25) is 0 Å². The van der Waals surface area contributed by atoms with Crippen molar-refractivity contribution in [3.05, 3.63) is 29.8 Å². The lowest BCUT2D eigenvalue weighted by Gasteiger charge is -2.12. The maximum absolute atomic E-state index is 11.4. The summed E-state index contributed by atoms with van der Waals surface area (Å²) in [7, 11) is -2.77. The molecule has 0 amide bonds. The van der Waals surface area contributed by atoms with Gasteiger partial charge in [-0.2, -0.15) is 0 Å². The zero-order valence-corrected chi connectivity index (χ0v) is 12.9. The Bertz CT molecular complexity index is 540. The third kappa shape index (κ3) is 4.80. The minimum Gasteiger partial charge on any atom is -0.491 e. The third-order valence-electron chi connectivity index (χ3n) is 3.36. The van der Waals surface area contributed by atoms with Crippen molar-refractivity contribution in [1.29, 1.82) is 0 Å². The Morgan fingerprint density at radius 1 is 1.40 bits per heavy atom. The molecule has 112 valence electrons. The lowest BCUT2D eigenvalue weighted by atomic mass is 10.1. The summed E-state index contributed by atoms with van der Waals surface area (Å²) < 4.78 is 28.4. The van der Waals surface area contributed by atoms with E-state index >= 15 is 0 Å². The number of rotatable bonds is 6. The van der Waals surface area contributed by atoms with Gasteiger partial charge in [0.15, 0.2) is 9.84 Å². The highest BCUT2D eigenvalue weighted by Crippen LogP contribution is 2.18. The molecule has 1 atom stereocenters. The van der Waals surface area contributed by atoms with Crippen LogP contribution in [0.2, 0.25) is 0 Å². The van der Waals surface area contributed by atoms with E-state index in [4.69, 9.17) is 4.74 Å². The monoisotopic (exact) mass is 297 g/mol. The van der Waals surface area contributed by atoms with Crippen molar-refractivity contribution < 1.29 is 13.2 Å². The average molecular weight is 297 g/mol. The van der Waals surface area contributed by atoms with Crippen molar-refractivity contribution in [1.82, 2.24) is 5.32 Å². The van der Waals surface area contributed by atoms with Crippen molar-refractivity contribution in [2.45, 2.75) is 32.9 Å². The van der Waals surface area contributed by atoms with E-state index in [-0.39, 0.29) is 12.0 Å². The van der Waals surface area contributed by atoms with E-state index in [1.54, 1.807) is 0 Å². The molecule has 0 radical (unpaired) electrons. The minimum absolute atomic E-state index is 0.168. The van der Waals surface area contributed by atoms with Crippen molar-refractivity contribution in [2.75, 3.05) is 18.1 Å². The predicted octanol–water partition coefficient (Wildman–Crippen LogP) is 2.00. The van der Waals surface area contributed by atoms with E-state index in [2.05, 4.69) is 5.32 Å². The topological polar surface area (TPSA) is 55.4 Å². The molecule has 1 saturated heterocycles. The molecule has 5 heteroatoms. The normalized spacial score (nSPS) is 21.2. The minimum atomic E-state index is -2.77. The van der Waals surface area contributed by atoms with Gasteiger partial charge in [-0.25, -0.2) is 8.42 Å². The van der Waals surface area contributed by atoms with E-state index in [0.717, 1.165) is 30.8 Å². The highest BCUT2D eigenvalue weighted by molar-refractivity contribution is 7.91. The molecule has 1 N–H and O–H groups in total. The van der Waals surface area contributed by atoms with Crippen LogP contribution in [0, 0.1) is 5.92 Å². The van der Waals surface area contributed by atoms with Gasteiger partial charge in [0.1, 0.15) is 5.75 Å². The second-order valence-corrected chi connectivity index (χ2v) is 7.94. The van der Waals surface area contributed by atoms with Gasteiger partial charge in [-0.1, -0.05) is 12.1 Å². The van der Waals surface area contributed by atoms with E-state index in [0.29, 0.717) is 11.5 Å². The van der Waals surface area contributed by atoms with Crippen LogP contribution in [0.5, 0.6) is 5.75 Å². The summed E-state index contributed by atoms with van der Waals surface area (Å²) in [5.74, 6) is 1.81. The molecule has 0 saturated carbocycles. The summed E-state index contributed by atoms with van der Waals surface area (Å²) >= 11 is 0. The standard InChI is InChI=1S/C15H23NO3S/c1-12(2)19-15-5-3-4-13(8-15)9-16-10-14-6-7-20(17,18)11-14/h3-5,8,12,14,16H,6-7,9-11H2,1-2H3. The van der Waals surface area contributed by atoms with E-state index in [1.165, 1.54) is 0 Å². The molecule has 1 aromatic carbocycles. The number of hydrogen-bond acceptors (Lipinski definition) is 4. The zero-order chi connectivity index (χ0) is 14.6. The van der Waals surface area contributed by atoms with Gasteiger partial charge in [-0.05, 0) is 50.4 Å². The van der Waals surface area contributed by atoms with Crippen molar-refractivity contribution in [3.63, 3.8) is 0 Å². The highest BCUT2D eigenvalue weighted by atomic mass is 32.2. The molecule has 0 bridgehead atoms. The van der Waals surface area contributed by atoms with E-state index in [1.807, 2.05) is 38.1 Å². The van der Waals surface area contributed by atoms with Crippen LogP contribution in [0.4, 0.5) is 0 Å². The van der Waals surface area contributed by atoms with Gasteiger partial charge < -0.3 is 10.1 Å². The summed E-state index contributed by atoms with van der Waals surface area (Å²) in [5, 5.41) is 3.34. The van der Waals surface area contributed by atoms with Crippen LogP contribution in [0.15, 0.2) is 24.3 Å². The molecule has 1 heterocycles. The van der Waals surface area contributed by atoms with Crippen LogP contribution in [-0.4, -0.2) is 32.6 Å². The first kappa shape index (κ1) is 15.3. The molecule has 4 nitrogen and oxygen atoms in total. The molecule has 0 spiro atoms. The molecule has 20 heavy (non-hydrogen) atoms. The fourth-order valence-corrected chi connectivity index (χ4v) is 4.32. The SMILES string of the molecule is CC(C)Oc1cccc(CNCC2CCS(=O)(=O)C2)c1. The molecule has 0 aromatic heterocycles. The average Bonchev–Trinajstić information content (AvgIpc) is 2.68. The molecule has 0 aliphatic carbocycles. The quantitative estimate of drug-likeness (QED) is 0.872. The molecule has 2 rings (SSSR count). The van der Waals surface area contributed by atoms with Gasteiger partial charge in [0.05, 0.1) is 17.6 Å². The lowest BCUT2D eigenvalue weighted by Crippen LogP contribution is -2.23. The lowest BCUT2D eigenvalue weighted by molar-refractivity contribution is 0.242. The summed E-state index contributed by atoms with van der Waals surface area (Å²) in [6.45, 7) is 5.51. The fraction of sp³-hybridized carbons (Fsp3) is 0.600. The highest BCUT2D eigenvalue weighted by Gasteiger charge is 2.27. The van der Waals surface area contributed by atoms with Gasteiger partial charge >= 0.3 is 0 Å². The Hall–Kier alpha value is -1.07. The van der Waals surface area contributed by atoms with Crippen LogP contribution in [-0.2, 0) is 16.4 Å². The van der Waals surface area contributed by atoms with Gasteiger partial charge in [0.25, 0.3) is 0 Å². The van der Waals surface area contributed by atoms with Crippen molar-refractivity contribution in [3.8, 4) is 5.75 Å². The summed E-state index contributed by atoms with van der Waals surface area (Å²) in [4.78, 5) is 0. The smallest absolute Gasteiger partial charge is 0.150 e. The Kier molecular flexibility index (Phi) is 5.05. The van der Waals surface area contributed by atoms with Crippen LogP contribution in [0.25, 0.3) is 0 Å². The van der Waals surface area contributed by atoms with Crippen LogP contribution in [0.1, 0.15) is 25.8 Å². The van der Waals surface area contributed by atoms with Crippen LogP contribution in [0.3, 0.4) is 0 Å². The first-order valence-electron chi connectivity index (χ1n) is 7.11. The number of nitrogens with one attached hydrogen (secondary N) is 1. The fourth-order valence-electron chi connectivity index (χ4n) is 2.45. The first-order valence-corrected chi connectivity index (χ1v) is 8.93. The molecule has 1 aromatic rings. The van der Waals surface area contributed by atoms with Gasteiger partial charge in [-0.15, -0.1) is 0 Å². The molecular formula is C15H23NO3S. The molecule has 1 unspecified atom stereocenters. The van der Waals surface area contributed by atoms with E-state index in [9.17, 15) is 8.42 Å². The maximum Gasteiger partial charge on any atom is 0.150 e. The van der Waals surface area contributed by atoms with E-state index < -0.39 is 9.84 Å². The molecule has 1 aliphatic heterocycles. The number of hydrogen-bond donors (Lipinski definition) is 1. The summed E-state index contributed by atoms with van der Waals surface area (Å²) in [5.41, 5.74) is 1.16. The van der Waals surface area contributed by atoms with Crippen LogP contribution < -0.4 is 10.1 Å². The van der Waals surface area contributed by atoms with Crippen molar-refractivity contribution >= 4 is 9.84 Å². The molecule has 1 aliphatic rings. The summed E-state index contributed by atoms with van der Waals surface area (Å²) in [6.07, 6.45) is 0.952. The Morgan fingerprint density at radius 2 is 2.20 bits per heavy atom. The van der Waals surface area contributed by atoms with Crippen LogP contribution >= 0.6 is 0 Å². The molecular weight excluding hydrogens is 274 g/mol. The Balaban J connectivity index is 1.79. The number of ether oxygens (including phenoxy) is 1. The second kappa shape index (κ2) is 6.59. The number of benzene rings is 1. The zero-order valence-electron chi connectivity index (χ0n) is 12.1. The second-order valence-electron chi connectivity index (χ2n) is 5.71. The Labute approximate surface area is 121 Å². The Morgan fingerprint density at radius 3 is 2.85 bits per heavy atom.